The van der Waals surface area contributed by atoms with Gasteiger partial charge in [0.15, 0.2) is 0 Å². The Balaban J connectivity index is 2.14. The molecule has 1 amide bonds. The van der Waals surface area contributed by atoms with Gasteiger partial charge in [-0.3, -0.25) is 4.79 Å². The maximum Gasteiger partial charge on any atom is 0.328 e. The number of anilines is 1. The number of nitrogens with one attached hydrogen (secondary N) is 1. The second-order valence-corrected chi connectivity index (χ2v) is 5.70. The first-order valence-corrected chi connectivity index (χ1v) is 7.28. The van der Waals surface area contributed by atoms with Crippen LogP contribution in [-0.4, -0.2) is 17.0 Å². The highest BCUT2D eigenvalue weighted by atomic mass is 35.5. The van der Waals surface area contributed by atoms with Crippen LogP contribution >= 0.6 is 22.9 Å². The SMILES string of the molecule is Cc1ccc(Cl)cc1NC(=O)c1csc(C=CC(=O)O)c1. The summed E-state index contributed by atoms with van der Waals surface area (Å²) in [5, 5.41) is 13.6. The van der Waals surface area contributed by atoms with Crippen LogP contribution in [0.25, 0.3) is 6.08 Å². The predicted molar refractivity (Wildman–Crippen MR) is 85.1 cm³/mol. The van der Waals surface area contributed by atoms with Gasteiger partial charge in [-0.15, -0.1) is 11.3 Å². The average Bonchev–Trinajstić information content (AvgIpc) is 2.89. The van der Waals surface area contributed by atoms with Crippen LogP contribution in [-0.2, 0) is 4.79 Å². The second kappa shape index (κ2) is 6.56. The van der Waals surface area contributed by atoms with Gasteiger partial charge in [-0.1, -0.05) is 17.7 Å². The molecule has 0 spiro atoms. The summed E-state index contributed by atoms with van der Waals surface area (Å²) in [6.45, 7) is 1.88. The van der Waals surface area contributed by atoms with E-state index in [1.54, 1.807) is 23.6 Å². The van der Waals surface area contributed by atoms with Crippen molar-refractivity contribution in [2.45, 2.75) is 6.92 Å². The molecule has 6 heteroatoms. The molecule has 0 fully saturated rings. The smallest absolute Gasteiger partial charge is 0.328 e. The first-order chi connectivity index (χ1) is 9.95. The third kappa shape index (κ3) is 4.18. The lowest BCUT2D eigenvalue weighted by molar-refractivity contribution is -0.131. The van der Waals surface area contributed by atoms with Crippen molar-refractivity contribution < 1.29 is 14.7 Å². The van der Waals surface area contributed by atoms with E-state index in [0.29, 0.717) is 21.2 Å². The number of thiophene rings is 1. The molecule has 0 unspecified atom stereocenters. The lowest BCUT2D eigenvalue weighted by Crippen LogP contribution is -2.11. The summed E-state index contributed by atoms with van der Waals surface area (Å²) >= 11 is 7.21. The second-order valence-electron chi connectivity index (χ2n) is 4.32. The van der Waals surface area contributed by atoms with Crippen LogP contribution in [0.1, 0.15) is 20.8 Å². The quantitative estimate of drug-likeness (QED) is 0.834. The van der Waals surface area contributed by atoms with Gasteiger partial charge in [0.25, 0.3) is 5.91 Å². The predicted octanol–water partition coefficient (Wildman–Crippen LogP) is 4.06. The summed E-state index contributed by atoms with van der Waals surface area (Å²) in [6, 6.07) is 6.91. The minimum atomic E-state index is -1.02. The fraction of sp³-hybridized carbons (Fsp3) is 0.0667. The standard InChI is InChI=1S/C15H12ClNO3S/c1-9-2-3-11(16)7-13(9)17-15(20)10-6-12(21-8-10)4-5-14(18)19/h2-8H,1H3,(H,17,20)(H,18,19). The Morgan fingerprint density at radius 2 is 2.10 bits per heavy atom. The maximum absolute atomic E-state index is 12.1. The molecule has 21 heavy (non-hydrogen) atoms. The fourth-order valence-corrected chi connectivity index (χ4v) is 2.59. The Bertz CT molecular complexity index is 721. The average molecular weight is 322 g/mol. The highest BCUT2D eigenvalue weighted by Crippen LogP contribution is 2.22. The maximum atomic E-state index is 12.1. The topological polar surface area (TPSA) is 66.4 Å². The molecule has 0 aliphatic heterocycles. The first kappa shape index (κ1) is 15.3. The Morgan fingerprint density at radius 3 is 2.81 bits per heavy atom. The zero-order valence-electron chi connectivity index (χ0n) is 11.1. The molecular weight excluding hydrogens is 310 g/mol. The van der Waals surface area contributed by atoms with Crippen LogP contribution in [0.15, 0.2) is 35.7 Å². The Morgan fingerprint density at radius 1 is 1.33 bits per heavy atom. The number of carbonyl (C=O) groups excluding carboxylic acids is 1. The molecule has 2 rings (SSSR count). The summed E-state index contributed by atoms with van der Waals surface area (Å²) in [5.74, 6) is -1.28. The van der Waals surface area contributed by atoms with E-state index in [1.807, 2.05) is 13.0 Å². The Labute approximate surface area is 130 Å². The van der Waals surface area contributed by atoms with Gasteiger partial charge in [-0.25, -0.2) is 4.79 Å². The van der Waals surface area contributed by atoms with Gasteiger partial charge in [0.2, 0.25) is 0 Å². The van der Waals surface area contributed by atoms with Crippen LogP contribution in [0.4, 0.5) is 5.69 Å². The number of aryl methyl sites for hydroxylation is 1. The number of aliphatic carboxylic acids is 1. The molecule has 0 saturated carbocycles. The van der Waals surface area contributed by atoms with Gasteiger partial charge >= 0.3 is 5.97 Å². The number of benzene rings is 1. The minimum Gasteiger partial charge on any atom is -0.478 e. The molecule has 2 N–H and O–H groups in total. The van der Waals surface area contributed by atoms with E-state index in [0.717, 1.165) is 11.6 Å². The van der Waals surface area contributed by atoms with Crippen molar-refractivity contribution in [2.75, 3.05) is 5.32 Å². The Hall–Kier alpha value is -2.11. The molecule has 0 bridgehead atoms. The monoisotopic (exact) mass is 321 g/mol. The molecule has 2 aromatic rings. The molecule has 1 aromatic heterocycles. The van der Waals surface area contributed by atoms with Gasteiger partial charge in [-0.05, 0) is 36.8 Å². The third-order valence-corrected chi connectivity index (χ3v) is 3.85. The van der Waals surface area contributed by atoms with E-state index in [9.17, 15) is 9.59 Å². The fourth-order valence-electron chi connectivity index (χ4n) is 1.64. The summed E-state index contributed by atoms with van der Waals surface area (Å²) in [5.41, 5.74) is 2.04. The number of amides is 1. The molecular formula is C15H12ClNO3S. The number of hydrogen-bond acceptors (Lipinski definition) is 3. The minimum absolute atomic E-state index is 0.258. The third-order valence-electron chi connectivity index (χ3n) is 2.72. The summed E-state index contributed by atoms with van der Waals surface area (Å²) in [6.07, 6.45) is 2.49. The molecule has 4 nitrogen and oxygen atoms in total. The van der Waals surface area contributed by atoms with Gasteiger partial charge in [0.1, 0.15) is 0 Å². The lowest BCUT2D eigenvalue weighted by atomic mass is 10.2. The number of carboxylic acid groups (broad SMARTS) is 1. The van der Waals surface area contributed by atoms with Crippen molar-refractivity contribution >= 4 is 46.6 Å². The van der Waals surface area contributed by atoms with E-state index in [-0.39, 0.29) is 5.91 Å². The van der Waals surface area contributed by atoms with Gasteiger partial charge in [0.05, 0.1) is 5.56 Å². The molecule has 1 aromatic carbocycles. The van der Waals surface area contributed by atoms with Crippen LogP contribution in [0, 0.1) is 6.92 Å². The number of carbonyl (C=O) groups is 2. The molecule has 0 atom stereocenters. The van der Waals surface area contributed by atoms with Crippen LogP contribution in [0.2, 0.25) is 5.02 Å². The molecule has 0 saturated heterocycles. The Kier molecular flexibility index (Phi) is 4.77. The van der Waals surface area contributed by atoms with E-state index in [4.69, 9.17) is 16.7 Å². The first-order valence-electron chi connectivity index (χ1n) is 6.03. The van der Waals surface area contributed by atoms with E-state index in [2.05, 4.69) is 5.32 Å². The largest absolute Gasteiger partial charge is 0.478 e. The van der Waals surface area contributed by atoms with E-state index in [1.165, 1.54) is 17.4 Å². The molecule has 0 aliphatic carbocycles. The zero-order chi connectivity index (χ0) is 15.4. The highest BCUT2D eigenvalue weighted by Gasteiger charge is 2.10. The number of carboxylic acids is 1. The molecule has 0 aliphatic rings. The lowest BCUT2D eigenvalue weighted by Gasteiger charge is -2.07. The van der Waals surface area contributed by atoms with E-state index >= 15 is 0 Å². The van der Waals surface area contributed by atoms with Crippen LogP contribution in [0.5, 0.6) is 0 Å². The van der Waals surface area contributed by atoms with Crippen LogP contribution < -0.4 is 5.32 Å². The zero-order valence-corrected chi connectivity index (χ0v) is 12.7. The number of halogens is 1. The van der Waals surface area contributed by atoms with E-state index < -0.39 is 5.97 Å². The summed E-state index contributed by atoms with van der Waals surface area (Å²) < 4.78 is 0. The van der Waals surface area contributed by atoms with Gasteiger partial charge in [0, 0.05) is 27.0 Å². The van der Waals surface area contributed by atoms with Crippen LogP contribution in [0.3, 0.4) is 0 Å². The normalized spacial score (nSPS) is 10.8. The molecule has 0 radical (unpaired) electrons. The van der Waals surface area contributed by atoms with Crippen molar-refractivity contribution in [2.24, 2.45) is 0 Å². The van der Waals surface area contributed by atoms with Crippen molar-refractivity contribution in [3.63, 3.8) is 0 Å². The molecule has 1 heterocycles. The van der Waals surface area contributed by atoms with Crippen molar-refractivity contribution in [3.8, 4) is 0 Å². The molecule has 108 valence electrons. The number of hydrogen-bond donors (Lipinski definition) is 2. The number of rotatable bonds is 4. The summed E-state index contributed by atoms with van der Waals surface area (Å²) in [4.78, 5) is 23.3. The van der Waals surface area contributed by atoms with Gasteiger partial charge in [-0.2, -0.15) is 0 Å². The summed E-state index contributed by atoms with van der Waals surface area (Å²) in [7, 11) is 0. The van der Waals surface area contributed by atoms with Crippen molar-refractivity contribution in [3.05, 3.63) is 56.7 Å². The van der Waals surface area contributed by atoms with Crippen molar-refractivity contribution in [1.82, 2.24) is 0 Å². The van der Waals surface area contributed by atoms with Crippen molar-refractivity contribution in [1.29, 1.82) is 0 Å². The highest BCUT2D eigenvalue weighted by molar-refractivity contribution is 7.11. The van der Waals surface area contributed by atoms with Gasteiger partial charge < -0.3 is 10.4 Å².